The van der Waals surface area contributed by atoms with Crippen molar-refractivity contribution in [2.45, 2.75) is 19.9 Å². The van der Waals surface area contributed by atoms with E-state index in [-0.39, 0.29) is 25.5 Å². The number of esters is 1. The highest BCUT2D eigenvalue weighted by atomic mass is 79.9. The molecule has 0 heterocycles. The fourth-order valence-corrected chi connectivity index (χ4v) is 2.46. The third-order valence-electron chi connectivity index (χ3n) is 3.47. The number of carbonyl (C=O) groups is 2. The number of hydrogen-bond donors (Lipinski definition) is 1. The maximum absolute atomic E-state index is 11.7. The van der Waals surface area contributed by atoms with E-state index in [1.165, 1.54) is 0 Å². The van der Waals surface area contributed by atoms with Crippen molar-refractivity contribution < 1.29 is 19.1 Å². The zero-order chi connectivity index (χ0) is 18.1. The van der Waals surface area contributed by atoms with Gasteiger partial charge >= 0.3 is 5.97 Å². The average molecular weight is 406 g/mol. The Kier molecular flexibility index (Phi) is 7.47. The molecule has 0 aliphatic carbocycles. The lowest BCUT2D eigenvalue weighted by Gasteiger charge is -2.09. The monoisotopic (exact) mass is 405 g/mol. The second-order valence-corrected chi connectivity index (χ2v) is 6.34. The van der Waals surface area contributed by atoms with Gasteiger partial charge < -0.3 is 14.8 Å². The third kappa shape index (κ3) is 6.97. The van der Waals surface area contributed by atoms with E-state index in [1.54, 1.807) is 6.07 Å². The van der Waals surface area contributed by atoms with E-state index in [4.69, 9.17) is 9.47 Å². The van der Waals surface area contributed by atoms with Crippen LogP contribution in [0, 0.1) is 6.92 Å². The van der Waals surface area contributed by atoms with Crippen LogP contribution < -0.4 is 10.1 Å². The molecule has 0 aliphatic heterocycles. The summed E-state index contributed by atoms with van der Waals surface area (Å²) >= 11 is 3.34. The minimum atomic E-state index is -0.471. The van der Waals surface area contributed by atoms with E-state index in [0.29, 0.717) is 12.3 Å². The van der Waals surface area contributed by atoms with Gasteiger partial charge in [0.1, 0.15) is 5.75 Å². The summed E-state index contributed by atoms with van der Waals surface area (Å²) in [6, 6.07) is 15.1. The van der Waals surface area contributed by atoms with Crippen LogP contribution in [0.2, 0.25) is 0 Å². The third-order valence-corrected chi connectivity index (χ3v) is 3.97. The number of halogens is 1. The maximum Gasteiger partial charge on any atom is 0.309 e. The highest BCUT2D eigenvalue weighted by Crippen LogP contribution is 2.17. The standard InChI is InChI=1S/C19H20BrNO4/c1-14-5-2-3-6-15(14)12-21-18(22)13-25-19(23)9-10-24-17-8-4-7-16(20)11-17/h2-8,11H,9-10,12-13H2,1H3,(H,21,22). The van der Waals surface area contributed by atoms with E-state index in [0.717, 1.165) is 15.6 Å². The smallest absolute Gasteiger partial charge is 0.309 e. The van der Waals surface area contributed by atoms with Crippen LogP contribution >= 0.6 is 15.9 Å². The summed E-state index contributed by atoms with van der Waals surface area (Å²) in [6.45, 7) is 2.30. The molecule has 25 heavy (non-hydrogen) atoms. The molecule has 0 aliphatic rings. The Morgan fingerprint density at radius 3 is 2.68 bits per heavy atom. The van der Waals surface area contributed by atoms with Crippen LogP contribution in [-0.2, 0) is 20.9 Å². The van der Waals surface area contributed by atoms with Gasteiger partial charge in [-0.1, -0.05) is 46.3 Å². The second-order valence-electron chi connectivity index (χ2n) is 5.42. The molecule has 0 spiro atoms. The van der Waals surface area contributed by atoms with Gasteiger partial charge in [0.25, 0.3) is 5.91 Å². The van der Waals surface area contributed by atoms with Crippen molar-refractivity contribution in [3.05, 3.63) is 64.1 Å². The average Bonchev–Trinajstić information content (AvgIpc) is 2.59. The van der Waals surface area contributed by atoms with Gasteiger partial charge in [0.15, 0.2) is 6.61 Å². The topological polar surface area (TPSA) is 64.6 Å². The van der Waals surface area contributed by atoms with Crippen LogP contribution in [0.1, 0.15) is 17.5 Å². The van der Waals surface area contributed by atoms with Crippen molar-refractivity contribution in [3.63, 3.8) is 0 Å². The first kappa shape index (κ1) is 19.0. The van der Waals surface area contributed by atoms with E-state index in [9.17, 15) is 9.59 Å². The predicted octanol–water partition coefficient (Wildman–Crippen LogP) is 3.39. The summed E-state index contributed by atoms with van der Waals surface area (Å²) in [7, 11) is 0. The molecule has 2 aromatic rings. The molecule has 0 saturated carbocycles. The van der Waals surface area contributed by atoms with E-state index in [2.05, 4.69) is 21.2 Å². The van der Waals surface area contributed by atoms with Crippen LogP contribution in [0.3, 0.4) is 0 Å². The van der Waals surface area contributed by atoms with Gasteiger partial charge in [-0.2, -0.15) is 0 Å². The van der Waals surface area contributed by atoms with Crippen molar-refractivity contribution in [1.82, 2.24) is 5.32 Å². The molecule has 0 unspecified atom stereocenters. The zero-order valence-corrected chi connectivity index (χ0v) is 15.5. The minimum absolute atomic E-state index is 0.0809. The molecule has 0 aromatic heterocycles. The number of hydrogen-bond acceptors (Lipinski definition) is 4. The van der Waals surface area contributed by atoms with Gasteiger partial charge in [0.2, 0.25) is 0 Å². The number of aryl methyl sites for hydroxylation is 1. The number of rotatable bonds is 8. The van der Waals surface area contributed by atoms with E-state index >= 15 is 0 Å². The molecule has 0 bridgehead atoms. The quantitative estimate of drug-likeness (QED) is 0.683. The molecule has 5 nitrogen and oxygen atoms in total. The highest BCUT2D eigenvalue weighted by molar-refractivity contribution is 9.10. The number of nitrogens with one attached hydrogen (secondary N) is 1. The number of ether oxygens (including phenoxy) is 2. The lowest BCUT2D eigenvalue weighted by Crippen LogP contribution is -2.28. The molecule has 1 amide bonds. The maximum atomic E-state index is 11.7. The number of amides is 1. The van der Waals surface area contributed by atoms with Crippen LogP contribution in [-0.4, -0.2) is 25.1 Å². The van der Waals surface area contributed by atoms with E-state index in [1.807, 2.05) is 49.4 Å². The Hall–Kier alpha value is -2.34. The molecule has 6 heteroatoms. The summed E-state index contributed by atoms with van der Waals surface area (Å²) in [5.74, 6) is -0.135. The zero-order valence-electron chi connectivity index (χ0n) is 14.0. The molecule has 2 aromatic carbocycles. The second kappa shape index (κ2) is 9.84. The van der Waals surface area contributed by atoms with Crippen LogP contribution in [0.25, 0.3) is 0 Å². The molecular weight excluding hydrogens is 386 g/mol. The summed E-state index contributed by atoms with van der Waals surface area (Å²) in [5.41, 5.74) is 2.13. The van der Waals surface area contributed by atoms with E-state index < -0.39 is 5.97 Å². The molecule has 0 radical (unpaired) electrons. The lowest BCUT2D eigenvalue weighted by atomic mass is 10.1. The van der Waals surface area contributed by atoms with Gasteiger partial charge in [-0.25, -0.2) is 0 Å². The van der Waals surface area contributed by atoms with Crippen molar-refractivity contribution in [1.29, 1.82) is 0 Å². The van der Waals surface area contributed by atoms with Gasteiger partial charge in [0, 0.05) is 11.0 Å². The Labute approximate surface area is 155 Å². The summed E-state index contributed by atoms with van der Waals surface area (Å²) in [4.78, 5) is 23.4. The summed E-state index contributed by atoms with van der Waals surface area (Å²) in [5, 5.41) is 2.73. The van der Waals surface area contributed by atoms with Crippen molar-refractivity contribution in [2.75, 3.05) is 13.2 Å². The van der Waals surface area contributed by atoms with Crippen molar-refractivity contribution in [2.24, 2.45) is 0 Å². The van der Waals surface area contributed by atoms with Crippen molar-refractivity contribution in [3.8, 4) is 5.75 Å². The van der Waals surface area contributed by atoms with Gasteiger partial charge in [0.05, 0.1) is 13.0 Å². The Balaban J connectivity index is 1.62. The van der Waals surface area contributed by atoms with Crippen LogP contribution in [0.15, 0.2) is 53.0 Å². The number of benzene rings is 2. The van der Waals surface area contributed by atoms with Crippen molar-refractivity contribution >= 4 is 27.8 Å². The van der Waals surface area contributed by atoms with Crippen LogP contribution in [0.5, 0.6) is 5.75 Å². The molecule has 0 atom stereocenters. The number of carbonyl (C=O) groups excluding carboxylic acids is 2. The fraction of sp³-hybridized carbons (Fsp3) is 0.263. The fourth-order valence-electron chi connectivity index (χ4n) is 2.08. The SMILES string of the molecule is Cc1ccccc1CNC(=O)COC(=O)CCOc1cccc(Br)c1. The van der Waals surface area contributed by atoms with Crippen LogP contribution in [0.4, 0.5) is 0 Å². The first-order valence-electron chi connectivity index (χ1n) is 7.90. The van der Waals surface area contributed by atoms with Gasteiger partial charge in [-0.15, -0.1) is 0 Å². The first-order valence-corrected chi connectivity index (χ1v) is 8.69. The Bertz CT molecular complexity index is 733. The lowest BCUT2D eigenvalue weighted by molar-refractivity contribution is -0.149. The largest absolute Gasteiger partial charge is 0.493 e. The highest BCUT2D eigenvalue weighted by Gasteiger charge is 2.08. The first-order chi connectivity index (χ1) is 12.0. The molecule has 132 valence electrons. The molecule has 2 rings (SSSR count). The molecule has 1 N–H and O–H groups in total. The molecular formula is C19H20BrNO4. The summed E-state index contributed by atoms with van der Waals surface area (Å²) in [6.07, 6.45) is 0.0809. The molecule has 0 fully saturated rings. The summed E-state index contributed by atoms with van der Waals surface area (Å²) < 4.78 is 11.3. The van der Waals surface area contributed by atoms with Gasteiger partial charge in [-0.3, -0.25) is 9.59 Å². The Morgan fingerprint density at radius 1 is 1.12 bits per heavy atom. The Morgan fingerprint density at radius 2 is 1.92 bits per heavy atom. The minimum Gasteiger partial charge on any atom is -0.493 e. The van der Waals surface area contributed by atoms with Gasteiger partial charge in [-0.05, 0) is 36.2 Å². The predicted molar refractivity (Wildman–Crippen MR) is 98.2 cm³/mol. The molecule has 0 saturated heterocycles. The normalized spacial score (nSPS) is 10.2.